The third-order valence-electron chi connectivity index (χ3n) is 3.92. The molecule has 0 aliphatic rings. The van der Waals surface area contributed by atoms with Crippen LogP contribution in [0.4, 0.5) is 0 Å². The van der Waals surface area contributed by atoms with Gasteiger partial charge in [-0.2, -0.15) is 0 Å². The van der Waals surface area contributed by atoms with Crippen LogP contribution < -0.4 is 19.5 Å². The van der Waals surface area contributed by atoms with Crippen LogP contribution in [-0.2, 0) is 13.1 Å². The van der Waals surface area contributed by atoms with Crippen LogP contribution in [0.25, 0.3) is 0 Å². The molecule has 3 rings (SSSR count). The molecule has 2 aromatic carbocycles. The van der Waals surface area contributed by atoms with Gasteiger partial charge >= 0.3 is 0 Å². The summed E-state index contributed by atoms with van der Waals surface area (Å²) in [4.78, 5) is 6.61. The van der Waals surface area contributed by atoms with Crippen molar-refractivity contribution in [3.05, 3.63) is 58.1 Å². The van der Waals surface area contributed by atoms with Crippen molar-refractivity contribution in [2.75, 3.05) is 21.3 Å². The summed E-state index contributed by atoms with van der Waals surface area (Å²) in [6.45, 7) is 1.26. The molecule has 0 amide bonds. The molecule has 0 atom stereocenters. The molecule has 3 aromatic rings. The standard InChI is InChI=1S/C20H21ClN2O3S2/c1-24-15-9-13(10-16(25-2)18(15)26-3)11-22-12-17-19(21)23-20(28-17)27-14-7-5-4-6-8-14/h4-10,22H,11-12H2,1-3H3. The molecule has 148 valence electrons. The minimum Gasteiger partial charge on any atom is -0.493 e. The molecular weight excluding hydrogens is 416 g/mol. The zero-order chi connectivity index (χ0) is 19.9. The number of rotatable bonds is 9. The van der Waals surface area contributed by atoms with E-state index in [9.17, 15) is 0 Å². The van der Waals surface area contributed by atoms with E-state index in [0.717, 1.165) is 19.7 Å². The van der Waals surface area contributed by atoms with Gasteiger partial charge in [-0.15, -0.1) is 11.3 Å². The Morgan fingerprint density at radius 2 is 1.68 bits per heavy atom. The van der Waals surface area contributed by atoms with Crippen LogP contribution in [0.1, 0.15) is 10.4 Å². The average molecular weight is 437 g/mol. The van der Waals surface area contributed by atoms with E-state index in [4.69, 9.17) is 25.8 Å². The van der Waals surface area contributed by atoms with Crippen molar-refractivity contribution >= 4 is 34.7 Å². The number of halogens is 1. The van der Waals surface area contributed by atoms with E-state index in [2.05, 4.69) is 22.4 Å². The fourth-order valence-electron chi connectivity index (χ4n) is 2.61. The Morgan fingerprint density at radius 3 is 2.29 bits per heavy atom. The first-order chi connectivity index (χ1) is 13.6. The van der Waals surface area contributed by atoms with Crippen molar-refractivity contribution < 1.29 is 14.2 Å². The lowest BCUT2D eigenvalue weighted by Gasteiger charge is -2.14. The Morgan fingerprint density at radius 1 is 1.00 bits per heavy atom. The van der Waals surface area contributed by atoms with Crippen LogP contribution in [-0.4, -0.2) is 26.3 Å². The highest BCUT2D eigenvalue weighted by atomic mass is 35.5. The maximum atomic E-state index is 6.32. The molecule has 0 unspecified atom stereocenters. The highest BCUT2D eigenvalue weighted by molar-refractivity contribution is 8.01. The summed E-state index contributed by atoms with van der Waals surface area (Å²) in [6.07, 6.45) is 0. The zero-order valence-electron chi connectivity index (χ0n) is 15.8. The number of hydrogen-bond donors (Lipinski definition) is 1. The lowest BCUT2D eigenvalue weighted by Crippen LogP contribution is -2.12. The molecule has 0 aliphatic heterocycles. The first-order valence-electron chi connectivity index (χ1n) is 8.52. The number of hydrogen-bond acceptors (Lipinski definition) is 7. The summed E-state index contributed by atoms with van der Waals surface area (Å²) >= 11 is 9.53. The lowest BCUT2D eigenvalue weighted by atomic mass is 10.1. The molecule has 0 saturated heterocycles. The van der Waals surface area contributed by atoms with Crippen LogP contribution in [0.2, 0.25) is 5.15 Å². The van der Waals surface area contributed by atoms with Gasteiger partial charge in [0.15, 0.2) is 15.8 Å². The second kappa shape index (κ2) is 10.0. The van der Waals surface area contributed by atoms with Crippen molar-refractivity contribution in [1.82, 2.24) is 10.3 Å². The van der Waals surface area contributed by atoms with Crippen molar-refractivity contribution in [3.63, 3.8) is 0 Å². The molecule has 1 aromatic heterocycles. The summed E-state index contributed by atoms with van der Waals surface area (Å²) in [5, 5.41) is 3.94. The van der Waals surface area contributed by atoms with E-state index in [-0.39, 0.29) is 0 Å². The third kappa shape index (κ3) is 5.11. The lowest BCUT2D eigenvalue weighted by molar-refractivity contribution is 0.323. The summed E-state index contributed by atoms with van der Waals surface area (Å²) in [6, 6.07) is 14.0. The van der Waals surface area contributed by atoms with E-state index in [1.54, 1.807) is 44.4 Å². The highest BCUT2D eigenvalue weighted by Gasteiger charge is 2.14. The minimum atomic E-state index is 0.542. The monoisotopic (exact) mass is 436 g/mol. The first kappa shape index (κ1) is 20.8. The molecule has 0 bridgehead atoms. The van der Waals surface area contributed by atoms with Gasteiger partial charge in [0.05, 0.1) is 26.2 Å². The fraction of sp³-hybridized carbons (Fsp3) is 0.250. The quantitative estimate of drug-likeness (QED) is 0.493. The Hall–Kier alpha value is -1.93. The number of methoxy groups -OCH3 is 3. The van der Waals surface area contributed by atoms with Crippen LogP contribution in [0.3, 0.4) is 0 Å². The van der Waals surface area contributed by atoms with Gasteiger partial charge in [-0.1, -0.05) is 41.6 Å². The summed E-state index contributed by atoms with van der Waals surface area (Å²) in [5.74, 6) is 1.86. The number of nitrogens with zero attached hydrogens (tertiary/aromatic N) is 1. The van der Waals surface area contributed by atoms with Crippen molar-refractivity contribution in [2.45, 2.75) is 22.3 Å². The maximum Gasteiger partial charge on any atom is 0.203 e. The molecule has 28 heavy (non-hydrogen) atoms. The highest BCUT2D eigenvalue weighted by Crippen LogP contribution is 2.38. The SMILES string of the molecule is COc1cc(CNCc2sc(Sc3ccccc3)nc2Cl)cc(OC)c1OC. The second-order valence-corrected chi connectivity index (χ2v) is 8.51. The molecule has 1 N–H and O–H groups in total. The molecule has 0 radical (unpaired) electrons. The van der Waals surface area contributed by atoms with Gasteiger partial charge in [0.1, 0.15) is 5.15 Å². The van der Waals surface area contributed by atoms with Gasteiger partial charge in [-0.25, -0.2) is 4.98 Å². The smallest absolute Gasteiger partial charge is 0.203 e. The van der Waals surface area contributed by atoms with Gasteiger partial charge in [0, 0.05) is 18.0 Å². The van der Waals surface area contributed by atoms with Crippen LogP contribution in [0, 0.1) is 0 Å². The molecular formula is C20H21ClN2O3S2. The van der Waals surface area contributed by atoms with Crippen molar-refractivity contribution in [1.29, 1.82) is 0 Å². The topological polar surface area (TPSA) is 52.6 Å². The number of thiazole rings is 1. The van der Waals surface area contributed by atoms with E-state index in [1.165, 1.54) is 0 Å². The van der Waals surface area contributed by atoms with Crippen LogP contribution in [0.15, 0.2) is 51.7 Å². The first-order valence-corrected chi connectivity index (χ1v) is 10.5. The Balaban J connectivity index is 1.64. The molecule has 0 aliphatic carbocycles. The van der Waals surface area contributed by atoms with Crippen LogP contribution in [0.5, 0.6) is 17.2 Å². The average Bonchev–Trinajstić information content (AvgIpc) is 3.06. The molecule has 8 heteroatoms. The predicted molar refractivity (Wildman–Crippen MR) is 114 cm³/mol. The minimum absolute atomic E-state index is 0.542. The number of ether oxygens (including phenoxy) is 3. The third-order valence-corrected chi connectivity index (χ3v) is 6.47. The predicted octanol–water partition coefficient (Wildman–Crippen LogP) is 5.26. The molecule has 0 spiro atoms. The summed E-state index contributed by atoms with van der Waals surface area (Å²) in [5.41, 5.74) is 1.02. The molecule has 0 saturated carbocycles. The zero-order valence-corrected chi connectivity index (χ0v) is 18.2. The Bertz CT molecular complexity index is 894. The van der Waals surface area contributed by atoms with E-state index >= 15 is 0 Å². The van der Waals surface area contributed by atoms with Crippen LogP contribution >= 0.6 is 34.7 Å². The normalized spacial score (nSPS) is 10.7. The molecule has 0 fully saturated rings. The molecule has 5 nitrogen and oxygen atoms in total. The number of nitrogens with one attached hydrogen (secondary N) is 1. The summed E-state index contributed by atoms with van der Waals surface area (Å²) in [7, 11) is 4.81. The summed E-state index contributed by atoms with van der Waals surface area (Å²) < 4.78 is 17.1. The van der Waals surface area contributed by atoms with Gasteiger partial charge in [0.2, 0.25) is 5.75 Å². The second-order valence-electron chi connectivity index (χ2n) is 5.75. The maximum absolute atomic E-state index is 6.32. The van der Waals surface area contributed by atoms with Gasteiger partial charge in [-0.3, -0.25) is 0 Å². The van der Waals surface area contributed by atoms with E-state index in [1.807, 2.05) is 30.3 Å². The Kier molecular flexibility index (Phi) is 7.44. The van der Waals surface area contributed by atoms with Gasteiger partial charge < -0.3 is 19.5 Å². The number of aromatic nitrogens is 1. The fourth-order valence-corrected chi connectivity index (χ4v) is 5.02. The Labute approximate surface area is 178 Å². The molecule has 1 heterocycles. The van der Waals surface area contributed by atoms with Gasteiger partial charge in [0.25, 0.3) is 0 Å². The van der Waals surface area contributed by atoms with E-state index in [0.29, 0.717) is 35.5 Å². The number of benzene rings is 2. The van der Waals surface area contributed by atoms with Crippen molar-refractivity contribution in [2.24, 2.45) is 0 Å². The van der Waals surface area contributed by atoms with Crippen molar-refractivity contribution in [3.8, 4) is 17.2 Å². The van der Waals surface area contributed by atoms with E-state index < -0.39 is 0 Å². The van der Waals surface area contributed by atoms with Gasteiger partial charge in [-0.05, 0) is 29.8 Å². The largest absolute Gasteiger partial charge is 0.493 e.